The van der Waals surface area contributed by atoms with Gasteiger partial charge in [-0.2, -0.15) is 0 Å². The molecule has 1 aromatic rings. The number of imide groups is 1. The summed E-state index contributed by atoms with van der Waals surface area (Å²) in [6.45, 7) is 7.12. The van der Waals surface area contributed by atoms with Gasteiger partial charge in [0.15, 0.2) is 0 Å². The number of rotatable bonds is 5. The molecule has 1 N–H and O–H groups in total. The van der Waals surface area contributed by atoms with E-state index in [2.05, 4.69) is 0 Å². The average Bonchev–Trinajstić information content (AvgIpc) is 3.35. The van der Waals surface area contributed by atoms with Crippen molar-refractivity contribution in [2.75, 3.05) is 20.3 Å². The van der Waals surface area contributed by atoms with E-state index < -0.39 is 47.8 Å². The number of cyclic esters (lactones) is 1. The fraction of sp³-hybridized carbons (Fsp3) is 0.609. The molecular weight excluding hydrogens is 416 g/mol. The van der Waals surface area contributed by atoms with Crippen molar-refractivity contribution in [1.29, 1.82) is 0 Å². The Morgan fingerprint density at radius 2 is 1.88 bits per heavy atom. The lowest BCUT2D eigenvalue weighted by Gasteiger charge is -2.33. The topological polar surface area (TPSA) is 106 Å². The molecule has 0 aliphatic carbocycles. The summed E-state index contributed by atoms with van der Waals surface area (Å²) in [6.07, 6.45) is -2.49. The van der Waals surface area contributed by atoms with Gasteiger partial charge in [0.1, 0.15) is 18.2 Å². The summed E-state index contributed by atoms with van der Waals surface area (Å²) in [5.41, 5.74) is 0.0607. The number of carbonyl (C=O) groups is 3. The third-order valence-electron chi connectivity index (χ3n) is 5.86. The number of hydrogen-bond donors (Lipinski definition) is 1. The molecule has 2 unspecified atom stereocenters. The van der Waals surface area contributed by atoms with Crippen molar-refractivity contribution >= 4 is 18.1 Å². The van der Waals surface area contributed by atoms with Crippen molar-refractivity contribution in [2.24, 2.45) is 5.92 Å². The molecule has 2 aliphatic rings. The minimum Gasteiger partial charge on any atom is -0.446 e. The predicted molar refractivity (Wildman–Crippen MR) is 115 cm³/mol. The monoisotopic (exact) mass is 448 g/mol. The molecule has 5 atom stereocenters. The number of aliphatic hydroxyl groups is 1. The first-order chi connectivity index (χ1) is 15.0. The van der Waals surface area contributed by atoms with Crippen LogP contribution < -0.4 is 0 Å². The lowest BCUT2D eigenvalue weighted by atomic mass is 9.93. The van der Waals surface area contributed by atoms with Crippen LogP contribution in [-0.4, -0.2) is 77.1 Å². The van der Waals surface area contributed by atoms with E-state index >= 15 is 0 Å². The minimum atomic E-state index is -1.22. The van der Waals surface area contributed by atoms with Gasteiger partial charge in [0, 0.05) is 7.11 Å². The quantitative estimate of drug-likeness (QED) is 0.738. The highest BCUT2D eigenvalue weighted by atomic mass is 16.6. The Labute approximate surface area is 188 Å². The van der Waals surface area contributed by atoms with Crippen LogP contribution in [0.2, 0.25) is 0 Å². The average molecular weight is 449 g/mol. The normalized spacial score (nSPS) is 25.4. The number of benzene rings is 1. The van der Waals surface area contributed by atoms with Crippen LogP contribution in [-0.2, 0) is 19.0 Å². The highest BCUT2D eigenvalue weighted by Crippen LogP contribution is 2.33. The zero-order valence-corrected chi connectivity index (χ0v) is 19.2. The molecule has 176 valence electrons. The van der Waals surface area contributed by atoms with Crippen molar-refractivity contribution in [3.05, 3.63) is 35.9 Å². The van der Waals surface area contributed by atoms with Gasteiger partial charge in [-0.1, -0.05) is 37.3 Å². The standard InChI is InChI=1S/C23H32N2O7/c1-14(20(27)25-18(13-31-22(25)29)15-9-7-6-8-10-15)19(26)17-11-16(30-5)12-24(17)21(28)32-23(2,3)4/h6-10,14,16-19,26H,11-13H2,1-5H3/t14-,16?,17?,18+,19-/m1/s1. The predicted octanol–water partition coefficient (Wildman–Crippen LogP) is 2.73. The van der Waals surface area contributed by atoms with E-state index in [-0.39, 0.29) is 19.3 Å². The van der Waals surface area contributed by atoms with E-state index in [1.54, 1.807) is 27.7 Å². The number of methoxy groups -OCH3 is 1. The molecule has 9 nitrogen and oxygen atoms in total. The van der Waals surface area contributed by atoms with Crippen LogP contribution in [0, 0.1) is 5.92 Å². The number of hydrogen-bond acceptors (Lipinski definition) is 7. The van der Waals surface area contributed by atoms with Gasteiger partial charge in [-0.15, -0.1) is 0 Å². The van der Waals surface area contributed by atoms with E-state index in [9.17, 15) is 19.5 Å². The van der Waals surface area contributed by atoms with E-state index in [0.29, 0.717) is 6.42 Å². The first-order valence-corrected chi connectivity index (χ1v) is 10.8. The maximum absolute atomic E-state index is 13.3. The Kier molecular flexibility index (Phi) is 7.09. The van der Waals surface area contributed by atoms with Gasteiger partial charge >= 0.3 is 12.2 Å². The summed E-state index contributed by atoms with van der Waals surface area (Å²) in [7, 11) is 1.53. The highest BCUT2D eigenvalue weighted by Gasteiger charge is 2.47. The van der Waals surface area contributed by atoms with Crippen LogP contribution in [0.1, 0.15) is 45.7 Å². The Balaban J connectivity index is 1.79. The summed E-state index contributed by atoms with van der Waals surface area (Å²) in [4.78, 5) is 40.9. The van der Waals surface area contributed by atoms with Gasteiger partial charge in [-0.25, -0.2) is 14.5 Å². The van der Waals surface area contributed by atoms with E-state index in [1.165, 1.54) is 12.0 Å². The Morgan fingerprint density at radius 1 is 1.22 bits per heavy atom. The maximum Gasteiger partial charge on any atom is 0.417 e. The van der Waals surface area contributed by atoms with Crippen LogP contribution in [0.4, 0.5) is 9.59 Å². The van der Waals surface area contributed by atoms with Gasteiger partial charge in [-0.05, 0) is 32.8 Å². The molecule has 0 saturated carbocycles. The number of ether oxygens (including phenoxy) is 3. The summed E-state index contributed by atoms with van der Waals surface area (Å²) >= 11 is 0. The molecule has 0 aromatic heterocycles. The fourth-order valence-electron chi connectivity index (χ4n) is 4.14. The van der Waals surface area contributed by atoms with Crippen molar-refractivity contribution in [3.63, 3.8) is 0 Å². The maximum atomic E-state index is 13.3. The van der Waals surface area contributed by atoms with E-state index in [0.717, 1.165) is 10.5 Å². The van der Waals surface area contributed by atoms with Gasteiger partial charge in [0.05, 0.1) is 30.7 Å². The van der Waals surface area contributed by atoms with Crippen molar-refractivity contribution < 1.29 is 33.7 Å². The highest BCUT2D eigenvalue weighted by molar-refractivity contribution is 5.95. The van der Waals surface area contributed by atoms with Gasteiger partial charge < -0.3 is 19.3 Å². The lowest BCUT2D eigenvalue weighted by Crippen LogP contribution is -2.51. The molecule has 2 heterocycles. The Hall–Kier alpha value is -2.65. The first kappa shape index (κ1) is 24.0. The number of likely N-dealkylation sites (tertiary alicyclic amines) is 1. The van der Waals surface area contributed by atoms with Gasteiger partial charge in [-0.3, -0.25) is 9.69 Å². The van der Waals surface area contributed by atoms with Gasteiger partial charge in [0.2, 0.25) is 5.91 Å². The second kappa shape index (κ2) is 9.46. The molecule has 0 radical (unpaired) electrons. The molecule has 2 fully saturated rings. The second-order valence-corrected chi connectivity index (χ2v) is 9.28. The molecule has 3 amide bonds. The van der Waals surface area contributed by atoms with E-state index in [4.69, 9.17) is 14.2 Å². The van der Waals surface area contributed by atoms with Gasteiger partial charge in [0.25, 0.3) is 0 Å². The molecule has 3 rings (SSSR count). The van der Waals surface area contributed by atoms with Crippen molar-refractivity contribution in [3.8, 4) is 0 Å². The number of aliphatic hydroxyl groups excluding tert-OH is 1. The zero-order valence-electron chi connectivity index (χ0n) is 19.2. The summed E-state index contributed by atoms with van der Waals surface area (Å²) < 4.78 is 16.0. The van der Waals surface area contributed by atoms with Crippen LogP contribution in [0.3, 0.4) is 0 Å². The Bertz CT molecular complexity index is 838. The molecule has 32 heavy (non-hydrogen) atoms. The molecule has 0 bridgehead atoms. The SMILES string of the molecule is COC1CC([C@H](O)[C@@H](C)C(=O)N2C(=O)OC[C@H]2c2ccccc2)N(C(=O)OC(C)(C)C)C1. The number of amides is 3. The number of carbonyl (C=O) groups excluding carboxylic acids is 3. The molecule has 2 saturated heterocycles. The Morgan fingerprint density at radius 3 is 2.47 bits per heavy atom. The van der Waals surface area contributed by atoms with Crippen molar-refractivity contribution in [2.45, 2.75) is 64.0 Å². The van der Waals surface area contributed by atoms with Crippen LogP contribution in [0.25, 0.3) is 0 Å². The van der Waals surface area contributed by atoms with E-state index in [1.807, 2.05) is 30.3 Å². The summed E-state index contributed by atoms with van der Waals surface area (Å²) in [5, 5.41) is 11.1. The number of nitrogens with zero attached hydrogens (tertiary/aromatic N) is 2. The molecular formula is C23H32N2O7. The first-order valence-electron chi connectivity index (χ1n) is 10.8. The smallest absolute Gasteiger partial charge is 0.417 e. The molecule has 2 aliphatic heterocycles. The lowest BCUT2D eigenvalue weighted by molar-refractivity contribution is -0.138. The largest absolute Gasteiger partial charge is 0.446 e. The molecule has 1 aromatic carbocycles. The third-order valence-corrected chi connectivity index (χ3v) is 5.86. The minimum absolute atomic E-state index is 0.0522. The zero-order chi connectivity index (χ0) is 23.6. The fourth-order valence-corrected chi connectivity index (χ4v) is 4.14. The van der Waals surface area contributed by atoms with Crippen molar-refractivity contribution in [1.82, 2.24) is 9.80 Å². The van der Waals surface area contributed by atoms with Crippen LogP contribution >= 0.6 is 0 Å². The summed E-state index contributed by atoms with van der Waals surface area (Å²) in [6, 6.07) is 7.86. The molecule has 9 heteroatoms. The second-order valence-electron chi connectivity index (χ2n) is 9.28. The van der Waals surface area contributed by atoms with Crippen LogP contribution in [0.15, 0.2) is 30.3 Å². The summed E-state index contributed by atoms with van der Waals surface area (Å²) in [5.74, 6) is -1.52. The third kappa shape index (κ3) is 5.05. The van der Waals surface area contributed by atoms with Crippen LogP contribution in [0.5, 0.6) is 0 Å². The molecule has 0 spiro atoms.